The summed E-state index contributed by atoms with van der Waals surface area (Å²) in [5, 5.41) is 23.8. The number of fused-ring (bicyclic) bond motifs is 26. The van der Waals surface area contributed by atoms with Crippen molar-refractivity contribution >= 4 is 210 Å². The molecule has 0 aromatic heterocycles. The van der Waals surface area contributed by atoms with Crippen LogP contribution in [0.2, 0.25) is 0 Å². The Morgan fingerprint density at radius 1 is 0.239 bits per heavy atom. The maximum Gasteiger partial charge on any atom is 0.494 e. The third-order valence-electron chi connectivity index (χ3n) is 30.4. The molecule has 698 valence electrons. The molecule has 20 aromatic carbocycles. The van der Waals surface area contributed by atoms with Crippen LogP contribution >= 0.6 is 31.9 Å². The Hall–Kier alpha value is -14.2. The quantitative estimate of drug-likeness (QED) is 0.0826. The van der Waals surface area contributed by atoms with E-state index in [1.54, 1.807) is 28.4 Å². The van der Waals surface area contributed by atoms with E-state index in [2.05, 4.69) is 385 Å². The molecule has 26 rings (SSSR count). The minimum Gasteiger partial charge on any atom is -0.497 e. The van der Waals surface area contributed by atoms with Crippen molar-refractivity contribution in [1.82, 2.24) is 0 Å². The number of aliphatic imine (C=N–C) groups is 4. The Morgan fingerprint density at radius 2 is 0.514 bits per heavy atom. The van der Waals surface area contributed by atoms with Crippen molar-refractivity contribution in [3.8, 4) is 56.4 Å². The van der Waals surface area contributed by atoms with Gasteiger partial charge in [-0.05, 0) is 328 Å². The Labute approximate surface area is 845 Å². The minimum absolute atomic E-state index is 0. The molecular weight excluding hydrogens is 1880 g/mol. The highest BCUT2D eigenvalue weighted by molar-refractivity contribution is 9.10. The van der Waals surface area contributed by atoms with Crippen LogP contribution in [-0.4, -0.2) is 87.9 Å². The van der Waals surface area contributed by atoms with Gasteiger partial charge in [-0.2, -0.15) is 0 Å². The normalized spacial score (nSPS) is 15.4. The molecule has 0 amide bonds. The molecule has 0 atom stereocenters. The van der Waals surface area contributed by atoms with E-state index in [1.807, 2.05) is 30.3 Å². The number of rotatable bonds is 13. The second kappa shape index (κ2) is 36.1. The highest BCUT2D eigenvalue weighted by Crippen LogP contribution is 2.53. The van der Waals surface area contributed by atoms with E-state index in [1.165, 1.54) is 125 Å². The third kappa shape index (κ3) is 15.8. The van der Waals surface area contributed by atoms with Gasteiger partial charge in [-0.3, -0.25) is 20.0 Å². The first-order valence-electron chi connectivity index (χ1n) is 47.9. The van der Waals surface area contributed by atoms with E-state index in [0.29, 0.717) is 6.42 Å². The molecule has 2 fully saturated rings. The monoisotopic (exact) mass is 1980 g/mol. The summed E-state index contributed by atoms with van der Waals surface area (Å²) < 4.78 is 50.6. The zero-order valence-electron chi connectivity index (χ0n) is 80.0. The lowest BCUT2D eigenvalue weighted by Gasteiger charge is -2.32. The maximum atomic E-state index is 6.43. The summed E-state index contributed by atoms with van der Waals surface area (Å²) in [6, 6.07) is 117. The fourth-order valence-corrected chi connectivity index (χ4v) is 22.3. The molecule has 0 radical (unpaired) electrons. The zero-order chi connectivity index (χ0) is 95.5. The van der Waals surface area contributed by atoms with Gasteiger partial charge >= 0.3 is 14.2 Å². The van der Waals surface area contributed by atoms with E-state index in [4.69, 9.17) is 57.5 Å². The van der Waals surface area contributed by atoms with E-state index >= 15 is 0 Å². The number of ether oxygens (including phenoxy) is 4. The first kappa shape index (κ1) is 92.8. The second-order valence-corrected chi connectivity index (χ2v) is 41.2. The minimum atomic E-state index is -0.446. The van der Waals surface area contributed by atoms with Gasteiger partial charge in [-0.1, -0.05) is 265 Å². The van der Waals surface area contributed by atoms with Crippen molar-refractivity contribution in [2.45, 2.75) is 118 Å². The Balaban J connectivity index is 0.000000131. The Morgan fingerprint density at radius 3 is 0.887 bits per heavy atom. The fourth-order valence-electron chi connectivity index (χ4n) is 21.6. The summed E-state index contributed by atoms with van der Waals surface area (Å²) >= 11 is 7.32. The number of methoxy groups -OCH3 is 4. The number of hydrogen-bond acceptors (Lipinski definition) is 12. The van der Waals surface area contributed by atoms with Gasteiger partial charge in [-0.15, -0.1) is 0 Å². The molecule has 0 aliphatic carbocycles. The number of nitrogens with zero attached hydrogens (tertiary/aromatic N) is 4. The summed E-state index contributed by atoms with van der Waals surface area (Å²) in [6.07, 6.45) is 2.95. The lowest BCUT2D eigenvalue weighted by Crippen LogP contribution is -2.41. The molecule has 20 aromatic rings. The molecular formula is C126H106B2Br2N4O8. The molecule has 6 aliphatic heterocycles. The van der Waals surface area contributed by atoms with Crippen LogP contribution in [0.3, 0.4) is 0 Å². The van der Waals surface area contributed by atoms with Gasteiger partial charge < -0.3 is 37.6 Å². The molecule has 0 spiro atoms. The van der Waals surface area contributed by atoms with Gasteiger partial charge in [0.2, 0.25) is 0 Å². The first-order chi connectivity index (χ1) is 67.9. The number of hydrogen-bond donors (Lipinski definition) is 0. The summed E-state index contributed by atoms with van der Waals surface area (Å²) in [4.78, 5) is 21.6. The molecule has 0 bridgehead atoms. The highest BCUT2D eigenvalue weighted by atomic mass is 79.9. The van der Waals surface area contributed by atoms with Gasteiger partial charge in [-0.25, -0.2) is 0 Å². The van der Waals surface area contributed by atoms with Gasteiger partial charge in [0.1, 0.15) is 23.0 Å². The lowest BCUT2D eigenvalue weighted by molar-refractivity contribution is 0.00578. The van der Waals surface area contributed by atoms with Crippen molar-refractivity contribution in [2.24, 2.45) is 20.0 Å². The molecule has 6 aliphatic rings. The molecule has 16 heteroatoms. The van der Waals surface area contributed by atoms with Crippen LogP contribution in [0.1, 0.15) is 115 Å². The van der Waals surface area contributed by atoms with Crippen LogP contribution in [0.25, 0.3) is 141 Å². The van der Waals surface area contributed by atoms with Crippen molar-refractivity contribution in [3.05, 3.63) is 381 Å². The summed E-state index contributed by atoms with van der Waals surface area (Å²) in [7, 11) is 6.00. The van der Waals surface area contributed by atoms with Crippen LogP contribution in [0.5, 0.6) is 23.0 Å². The molecule has 0 N–H and O–H groups in total. The van der Waals surface area contributed by atoms with E-state index in [-0.39, 0.29) is 14.9 Å². The van der Waals surface area contributed by atoms with Crippen LogP contribution in [0.15, 0.2) is 356 Å². The van der Waals surface area contributed by atoms with Gasteiger partial charge in [0.25, 0.3) is 0 Å². The van der Waals surface area contributed by atoms with Crippen molar-refractivity contribution < 1.29 is 37.6 Å². The van der Waals surface area contributed by atoms with Gasteiger partial charge in [0, 0.05) is 67.3 Å². The molecule has 0 saturated carbocycles. The van der Waals surface area contributed by atoms with Crippen LogP contribution < -0.4 is 29.9 Å². The topological polar surface area (TPSA) is 123 Å². The summed E-state index contributed by atoms with van der Waals surface area (Å²) in [5.74, 6) is 3.37. The second-order valence-electron chi connectivity index (χ2n) is 39.4. The predicted molar refractivity (Wildman–Crippen MR) is 603 cm³/mol. The third-order valence-corrected chi connectivity index (χ3v) is 31.3. The number of halogens is 2. The van der Waals surface area contributed by atoms with Crippen molar-refractivity contribution in [2.75, 3.05) is 28.4 Å². The standard InChI is InChI=1S/C62H42N2O2.C35H39B2NO5.C27H17Br2NO.2CH4/c1-65-45-24-17-40(18-25-45)57-35-55-51-31-41(37-11-5-3-6-12-37)19-26-47(51)49-28-21-43(33-53(49)61(55)63-57)44-22-29-50-48-27-20-42(38-13-7-4-8-14-38)32-52(48)56-36-58(64-62(56)54(50)34-44)60-46-16-10-9-15-39(46)23-30-59(60)66-2;1-32(2)33(3,4)41-36(40-32)22-12-16-25-26-17-13-23(37-42-34(5,6)35(7,8)43-37)19-28(26)31-29(27(25)18-22)20-30(38-31)21-10-14-24(39-9)15-11-21;1-31-25-11-6-15-4-2-3-5-18(15)26(25)24-14-23-21-12-16(28)7-9-19(21)20-10-8-17(29)13-22(20)27(23)30-24;;/h3-34H,35-36H2,1-2H3;10-19H,20H2,1-9H3;2-13H,14H2,1H3;2*1H4. The Bertz CT molecular complexity index is 8750. The highest BCUT2D eigenvalue weighted by Gasteiger charge is 2.53. The van der Waals surface area contributed by atoms with Gasteiger partial charge in [0.15, 0.2) is 0 Å². The van der Waals surface area contributed by atoms with Crippen molar-refractivity contribution in [1.29, 1.82) is 0 Å². The number of benzene rings is 20. The van der Waals surface area contributed by atoms with Crippen LogP contribution in [-0.2, 0) is 44.3 Å². The average Bonchev–Trinajstić information content (AvgIpc) is 1.54. The molecule has 0 unspecified atom stereocenters. The van der Waals surface area contributed by atoms with Crippen LogP contribution in [0, 0.1) is 0 Å². The van der Waals surface area contributed by atoms with Crippen molar-refractivity contribution in [3.63, 3.8) is 0 Å². The lowest BCUT2D eigenvalue weighted by atomic mass is 9.76. The van der Waals surface area contributed by atoms with E-state index < -0.39 is 36.6 Å². The zero-order valence-corrected chi connectivity index (χ0v) is 83.1. The largest absolute Gasteiger partial charge is 0.497 e. The first-order valence-corrected chi connectivity index (χ1v) is 49.5. The van der Waals surface area contributed by atoms with Crippen LogP contribution in [0.4, 0.5) is 22.7 Å². The summed E-state index contributed by atoms with van der Waals surface area (Å²) in [6.45, 7) is 16.7. The van der Waals surface area contributed by atoms with Gasteiger partial charge in [0.05, 0.1) is 96.4 Å². The van der Waals surface area contributed by atoms with E-state index in [0.717, 1.165) is 168 Å². The fraction of sp³-hybridized carbons (Fsp3) is 0.175. The van der Waals surface area contributed by atoms with E-state index in [9.17, 15) is 0 Å². The Kier molecular flexibility index (Phi) is 23.6. The maximum absolute atomic E-state index is 6.43. The predicted octanol–water partition coefficient (Wildman–Crippen LogP) is 31.7. The molecule has 6 heterocycles. The summed E-state index contributed by atoms with van der Waals surface area (Å²) in [5.41, 5.74) is 25.1. The smallest absolute Gasteiger partial charge is 0.494 e. The average molecular weight is 1990 g/mol. The molecule has 2 saturated heterocycles. The molecule has 12 nitrogen and oxygen atoms in total. The SMILES string of the molecule is C.C.COc1ccc(C2=Nc3c(c4cc(-c5ccccc5)ccc4c4ccc(-c5ccc6c(c5)c5c(c7cc(-c8ccccc8)ccc76)CC(c6c(OC)ccc7ccccc67)=N5)cc34)C2)cc1.COc1ccc(C2=Nc3c(c4cc(B5OC(C)(C)C(C)(C)O5)ccc4c4ccc(B5OC(C)(C)C(C)(C)O5)cc34)C2)cc1.COc1ccc2ccccc2c1C1=Nc2c(c3cc(Br)ccc3c3ccc(Br)cc23)C1. The molecule has 142 heavy (non-hydrogen) atoms.